The molecule has 1 aliphatic carbocycles. The molecule has 2 nitrogen and oxygen atoms in total. The van der Waals surface area contributed by atoms with Crippen molar-refractivity contribution in [1.29, 1.82) is 0 Å². The third kappa shape index (κ3) is 2.55. The molecule has 1 saturated carbocycles. The van der Waals surface area contributed by atoms with Gasteiger partial charge in [-0.15, -0.1) is 0 Å². The van der Waals surface area contributed by atoms with Gasteiger partial charge >= 0.3 is 0 Å². The predicted octanol–water partition coefficient (Wildman–Crippen LogP) is 4.08. The van der Waals surface area contributed by atoms with E-state index in [1.807, 2.05) is 30.3 Å². The van der Waals surface area contributed by atoms with Gasteiger partial charge in [0.05, 0.1) is 5.92 Å². The fourth-order valence-corrected chi connectivity index (χ4v) is 3.36. The summed E-state index contributed by atoms with van der Waals surface area (Å²) in [5.74, 6) is -0.209. The molecule has 0 bridgehead atoms. The van der Waals surface area contributed by atoms with Crippen LogP contribution in [0.3, 0.4) is 0 Å². The van der Waals surface area contributed by atoms with Crippen LogP contribution < -0.4 is 0 Å². The standard InChI is InChI=1S/C17H15BrO2/c18-15-4-1-3-12-9-11(7-8-13(12)15)10-14-16(19)5-2-6-17(14)20/h1,3-4,7-9,14H,2,5-6,10H2. The van der Waals surface area contributed by atoms with Crippen LogP contribution >= 0.6 is 15.9 Å². The normalized spacial score (nSPS) is 16.9. The molecule has 0 heterocycles. The lowest BCUT2D eigenvalue weighted by Gasteiger charge is -2.19. The van der Waals surface area contributed by atoms with E-state index in [0.717, 1.165) is 27.2 Å². The van der Waals surface area contributed by atoms with E-state index in [-0.39, 0.29) is 11.6 Å². The molecule has 0 unspecified atom stereocenters. The highest BCUT2D eigenvalue weighted by Crippen LogP contribution is 2.27. The van der Waals surface area contributed by atoms with Crippen molar-refractivity contribution in [3.8, 4) is 0 Å². The highest BCUT2D eigenvalue weighted by atomic mass is 79.9. The van der Waals surface area contributed by atoms with Gasteiger partial charge in [-0.3, -0.25) is 9.59 Å². The molecule has 1 fully saturated rings. The second-order valence-electron chi connectivity index (χ2n) is 5.34. The molecule has 0 aliphatic heterocycles. The Bertz CT molecular complexity index is 674. The van der Waals surface area contributed by atoms with E-state index in [2.05, 4.69) is 22.0 Å². The van der Waals surface area contributed by atoms with Gasteiger partial charge in [0.25, 0.3) is 0 Å². The van der Waals surface area contributed by atoms with Crippen LogP contribution in [-0.2, 0) is 16.0 Å². The molecule has 0 spiro atoms. The van der Waals surface area contributed by atoms with Gasteiger partial charge in [0.1, 0.15) is 11.6 Å². The molecule has 1 aliphatic rings. The van der Waals surface area contributed by atoms with Gasteiger partial charge in [-0.1, -0.05) is 46.3 Å². The van der Waals surface area contributed by atoms with Gasteiger partial charge in [0, 0.05) is 17.3 Å². The third-order valence-corrected chi connectivity index (χ3v) is 4.65. The van der Waals surface area contributed by atoms with Crippen molar-refractivity contribution >= 4 is 38.3 Å². The SMILES string of the molecule is O=C1CCCC(=O)C1Cc1ccc2c(Br)cccc2c1. The van der Waals surface area contributed by atoms with Crippen LogP contribution in [0.15, 0.2) is 40.9 Å². The first-order chi connectivity index (χ1) is 9.65. The van der Waals surface area contributed by atoms with Gasteiger partial charge in [-0.05, 0) is 35.2 Å². The summed E-state index contributed by atoms with van der Waals surface area (Å²) in [6.45, 7) is 0. The monoisotopic (exact) mass is 330 g/mol. The third-order valence-electron chi connectivity index (χ3n) is 3.96. The second-order valence-corrected chi connectivity index (χ2v) is 6.19. The fourth-order valence-electron chi connectivity index (χ4n) is 2.85. The topological polar surface area (TPSA) is 34.1 Å². The number of halogens is 1. The fraction of sp³-hybridized carbons (Fsp3) is 0.294. The van der Waals surface area contributed by atoms with Crippen molar-refractivity contribution in [3.63, 3.8) is 0 Å². The molecule has 0 aromatic heterocycles. The number of hydrogen-bond acceptors (Lipinski definition) is 2. The van der Waals surface area contributed by atoms with Crippen LogP contribution in [0.2, 0.25) is 0 Å². The van der Waals surface area contributed by atoms with E-state index < -0.39 is 5.92 Å². The molecule has 0 amide bonds. The summed E-state index contributed by atoms with van der Waals surface area (Å²) >= 11 is 3.53. The maximum Gasteiger partial charge on any atom is 0.143 e. The van der Waals surface area contributed by atoms with Gasteiger partial charge in [-0.2, -0.15) is 0 Å². The van der Waals surface area contributed by atoms with Gasteiger partial charge in [-0.25, -0.2) is 0 Å². The summed E-state index contributed by atoms with van der Waals surface area (Å²) in [4.78, 5) is 23.8. The Hall–Kier alpha value is -1.48. The molecule has 20 heavy (non-hydrogen) atoms. The summed E-state index contributed by atoms with van der Waals surface area (Å²) in [7, 11) is 0. The van der Waals surface area contributed by atoms with Crippen molar-refractivity contribution in [2.45, 2.75) is 25.7 Å². The van der Waals surface area contributed by atoms with Crippen LogP contribution in [0.5, 0.6) is 0 Å². The lowest BCUT2D eigenvalue weighted by molar-refractivity contribution is -0.135. The van der Waals surface area contributed by atoms with Gasteiger partial charge in [0.15, 0.2) is 0 Å². The minimum atomic E-state index is -0.423. The average molecular weight is 331 g/mol. The Labute approximate surface area is 126 Å². The largest absolute Gasteiger partial charge is 0.299 e. The Morgan fingerprint density at radius 3 is 2.55 bits per heavy atom. The van der Waals surface area contributed by atoms with E-state index in [1.165, 1.54) is 0 Å². The average Bonchev–Trinajstić information content (AvgIpc) is 2.43. The Morgan fingerprint density at radius 2 is 1.80 bits per heavy atom. The maximum atomic E-state index is 11.9. The zero-order chi connectivity index (χ0) is 14.1. The highest BCUT2D eigenvalue weighted by Gasteiger charge is 2.29. The molecule has 3 rings (SSSR count). The first kappa shape index (κ1) is 13.5. The van der Waals surface area contributed by atoms with Crippen LogP contribution in [0.1, 0.15) is 24.8 Å². The van der Waals surface area contributed by atoms with Crippen LogP contribution in [0.25, 0.3) is 10.8 Å². The summed E-state index contributed by atoms with van der Waals surface area (Å²) in [6.07, 6.45) is 2.37. The number of rotatable bonds is 2. The Balaban J connectivity index is 1.91. The maximum absolute atomic E-state index is 11.9. The molecular formula is C17H15BrO2. The summed E-state index contributed by atoms with van der Waals surface area (Å²) in [5.41, 5.74) is 1.06. The molecule has 3 heteroatoms. The molecule has 2 aromatic carbocycles. The first-order valence-corrected chi connectivity index (χ1v) is 7.67. The van der Waals surface area contributed by atoms with Crippen molar-refractivity contribution in [1.82, 2.24) is 0 Å². The predicted molar refractivity (Wildman–Crippen MR) is 82.7 cm³/mol. The lowest BCUT2D eigenvalue weighted by atomic mass is 9.82. The number of fused-ring (bicyclic) bond motifs is 1. The Kier molecular flexibility index (Phi) is 3.70. The Morgan fingerprint density at radius 1 is 1.05 bits per heavy atom. The van der Waals surface area contributed by atoms with E-state index >= 15 is 0 Å². The number of hydrogen-bond donors (Lipinski definition) is 0. The minimum Gasteiger partial charge on any atom is -0.299 e. The minimum absolute atomic E-state index is 0.107. The number of Topliss-reactive ketones (excluding diaryl/α,β-unsaturated/α-hetero) is 2. The van der Waals surface area contributed by atoms with E-state index in [1.54, 1.807) is 0 Å². The van der Waals surface area contributed by atoms with Crippen LogP contribution in [0, 0.1) is 5.92 Å². The molecule has 0 radical (unpaired) electrons. The highest BCUT2D eigenvalue weighted by molar-refractivity contribution is 9.10. The summed E-state index contributed by atoms with van der Waals surface area (Å²) in [5, 5.41) is 2.28. The van der Waals surface area contributed by atoms with E-state index in [0.29, 0.717) is 19.3 Å². The van der Waals surface area contributed by atoms with Crippen molar-refractivity contribution < 1.29 is 9.59 Å². The van der Waals surface area contributed by atoms with Crippen LogP contribution in [-0.4, -0.2) is 11.6 Å². The number of carbonyl (C=O) groups excluding carboxylic acids is 2. The van der Waals surface area contributed by atoms with E-state index in [4.69, 9.17) is 0 Å². The summed E-state index contributed by atoms with van der Waals surface area (Å²) in [6, 6.07) is 12.2. The van der Waals surface area contributed by atoms with Crippen molar-refractivity contribution in [3.05, 3.63) is 46.4 Å². The van der Waals surface area contributed by atoms with E-state index in [9.17, 15) is 9.59 Å². The summed E-state index contributed by atoms with van der Waals surface area (Å²) < 4.78 is 1.06. The molecule has 102 valence electrons. The first-order valence-electron chi connectivity index (χ1n) is 6.88. The number of ketones is 2. The molecule has 0 N–H and O–H groups in total. The molecule has 2 aromatic rings. The number of carbonyl (C=O) groups is 2. The second kappa shape index (κ2) is 5.49. The quantitative estimate of drug-likeness (QED) is 0.777. The number of benzene rings is 2. The van der Waals surface area contributed by atoms with Crippen molar-refractivity contribution in [2.24, 2.45) is 5.92 Å². The molecule has 0 saturated heterocycles. The smallest absolute Gasteiger partial charge is 0.143 e. The van der Waals surface area contributed by atoms with Crippen molar-refractivity contribution in [2.75, 3.05) is 0 Å². The zero-order valence-electron chi connectivity index (χ0n) is 11.1. The van der Waals surface area contributed by atoms with Gasteiger partial charge < -0.3 is 0 Å². The van der Waals surface area contributed by atoms with Crippen LogP contribution in [0.4, 0.5) is 0 Å². The molecular weight excluding hydrogens is 316 g/mol. The zero-order valence-corrected chi connectivity index (χ0v) is 12.7. The molecule has 0 atom stereocenters. The lowest BCUT2D eigenvalue weighted by Crippen LogP contribution is -2.30. The van der Waals surface area contributed by atoms with Gasteiger partial charge in [0.2, 0.25) is 0 Å².